The Bertz CT molecular complexity index is 263. The van der Waals surface area contributed by atoms with Crippen LogP contribution in [-0.4, -0.2) is 24.8 Å². The second-order valence-corrected chi connectivity index (χ2v) is 7.20. The van der Waals surface area contributed by atoms with Crippen LogP contribution in [0.3, 0.4) is 0 Å². The van der Waals surface area contributed by atoms with E-state index in [4.69, 9.17) is 4.74 Å². The molecule has 2 rings (SSSR count). The Morgan fingerprint density at radius 1 is 0.905 bits per heavy atom. The molecule has 0 saturated heterocycles. The lowest BCUT2D eigenvalue weighted by molar-refractivity contribution is -0.0912. The summed E-state index contributed by atoms with van der Waals surface area (Å²) in [6, 6.07) is 0.582. The zero-order valence-electron chi connectivity index (χ0n) is 14.5. The highest BCUT2D eigenvalue weighted by molar-refractivity contribution is 4.98. The SMILES string of the molecule is CCNC(C1CCCCCC1)C1(OCC)CCCCCC1. The summed E-state index contributed by atoms with van der Waals surface area (Å²) < 4.78 is 6.50. The van der Waals surface area contributed by atoms with E-state index in [1.165, 1.54) is 77.0 Å². The van der Waals surface area contributed by atoms with Crippen LogP contribution in [0.2, 0.25) is 0 Å². The fourth-order valence-corrected chi connectivity index (χ4v) is 4.81. The predicted octanol–water partition coefficient (Wildman–Crippen LogP) is 5.06. The van der Waals surface area contributed by atoms with Crippen LogP contribution in [0.4, 0.5) is 0 Å². The minimum atomic E-state index is 0.121. The highest BCUT2D eigenvalue weighted by atomic mass is 16.5. The van der Waals surface area contributed by atoms with Crippen molar-refractivity contribution in [2.75, 3.05) is 13.2 Å². The van der Waals surface area contributed by atoms with Gasteiger partial charge in [-0.1, -0.05) is 58.3 Å². The molecule has 1 atom stereocenters. The lowest BCUT2D eigenvalue weighted by Gasteiger charge is -2.44. The van der Waals surface area contributed by atoms with Crippen molar-refractivity contribution in [2.45, 2.75) is 103 Å². The van der Waals surface area contributed by atoms with Crippen LogP contribution in [0.25, 0.3) is 0 Å². The Balaban J connectivity index is 2.16. The summed E-state index contributed by atoms with van der Waals surface area (Å²) in [7, 11) is 0. The van der Waals surface area contributed by atoms with E-state index in [0.29, 0.717) is 6.04 Å². The maximum absolute atomic E-state index is 6.50. The first-order chi connectivity index (χ1) is 10.3. The summed E-state index contributed by atoms with van der Waals surface area (Å²) in [6.45, 7) is 6.40. The second kappa shape index (κ2) is 9.15. The van der Waals surface area contributed by atoms with Crippen LogP contribution in [0.1, 0.15) is 90.9 Å². The summed E-state index contributed by atoms with van der Waals surface area (Å²) in [5.41, 5.74) is 0.121. The summed E-state index contributed by atoms with van der Waals surface area (Å²) in [4.78, 5) is 0. The maximum Gasteiger partial charge on any atom is 0.0837 e. The molecule has 2 fully saturated rings. The first kappa shape index (κ1) is 17.3. The molecule has 21 heavy (non-hydrogen) atoms. The number of likely N-dealkylation sites (N-methyl/N-ethyl adjacent to an activating group) is 1. The van der Waals surface area contributed by atoms with E-state index in [1.54, 1.807) is 0 Å². The van der Waals surface area contributed by atoms with E-state index in [2.05, 4.69) is 19.2 Å². The Morgan fingerprint density at radius 2 is 1.48 bits per heavy atom. The smallest absolute Gasteiger partial charge is 0.0837 e. The standard InChI is InChI=1S/C19H37NO/c1-3-20-18(17-13-9-5-6-10-14-17)19(21-4-2)15-11-7-8-12-16-19/h17-18,20H,3-16H2,1-2H3. The molecular weight excluding hydrogens is 258 g/mol. The second-order valence-electron chi connectivity index (χ2n) is 7.20. The van der Waals surface area contributed by atoms with Gasteiger partial charge in [0.05, 0.1) is 5.60 Å². The van der Waals surface area contributed by atoms with E-state index >= 15 is 0 Å². The van der Waals surface area contributed by atoms with Crippen molar-refractivity contribution in [1.82, 2.24) is 5.32 Å². The summed E-state index contributed by atoms with van der Waals surface area (Å²) in [5, 5.41) is 3.88. The summed E-state index contributed by atoms with van der Waals surface area (Å²) in [6.07, 6.45) is 16.6. The Kier molecular flexibility index (Phi) is 7.53. The minimum absolute atomic E-state index is 0.121. The minimum Gasteiger partial charge on any atom is -0.374 e. The largest absolute Gasteiger partial charge is 0.374 e. The molecule has 0 heterocycles. The van der Waals surface area contributed by atoms with Gasteiger partial charge in [0.1, 0.15) is 0 Å². The molecule has 2 nitrogen and oxygen atoms in total. The average molecular weight is 296 g/mol. The number of ether oxygens (including phenoxy) is 1. The molecule has 2 aliphatic carbocycles. The molecule has 1 unspecified atom stereocenters. The van der Waals surface area contributed by atoms with Crippen LogP contribution in [0, 0.1) is 5.92 Å². The van der Waals surface area contributed by atoms with Crippen LogP contribution in [0.15, 0.2) is 0 Å². The van der Waals surface area contributed by atoms with E-state index in [-0.39, 0.29) is 5.60 Å². The van der Waals surface area contributed by atoms with Crippen molar-refractivity contribution >= 4 is 0 Å². The molecule has 0 aromatic carbocycles. The number of rotatable bonds is 6. The third-order valence-electron chi connectivity index (χ3n) is 5.74. The molecule has 0 aromatic rings. The average Bonchev–Trinajstić information content (AvgIpc) is 2.88. The maximum atomic E-state index is 6.50. The van der Waals surface area contributed by atoms with Crippen LogP contribution in [-0.2, 0) is 4.74 Å². The van der Waals surface area contributed by atoms with Gasteiger partial charge in [0.25, 0.3) is 0 Å². The molecule has 2 heteroatoms. The lowest BCUT2D eigenvalue weighted by atomic mass is 9.76. The molecule has 0 aromatic heterocycles. The molecule has 0 aliphatic heterocycles. The van der Waals surface area contributed by atoms with Crippen molar-refractivity contribution in [2.24, 2.45) is 5.92 Å². The van der Waals surface area contributed by atoms with Crippen LogP contribution < -0.4 is 5.32 Å². The van der Waals surface area contributed by atoms with Gasteiger partial charge in [-0.2, -0.15) is 0 Å². The normalized spacial score (nSPS) is 26.0. The van der Waals surface area contributed by atoms with Crippen molar-refractivity contribution in [3.8, 4) is 0 Å². The van der Waals surface area contributed by atoms with Gasteiger partial charge in [-0.25, -0.2) is 0 Å². The van der Waals surface area contributed by atoms with Gasteiger partial charge in [0.2, 0.25) is 0 Å². The first-order valence-electron chi connectivity index (χ1n) is 9.69. The third kappa shape index (κ3) is 4.69. The highest BCUT2D eigenvalue weighted by Gasteiger charge is 2.43. The number of hydrogen-bond donors (Lipinski definition) is 1. The summed E-state index contributed by atoms with van der Waals surface area (Å²) in [5.74, 6) is 0.831. The van der Waals surface area contributed by atoms with Gasteiger partial charge in [-0.15, -0.1) is 0 Å². The number of hydrogen-bond acceptors (Lipinski definition) is 2. The molecule has 2 aliphatic rings. The van der Waals surface area contributed by atoms with Crippen LogP contribution >= 0.6 is 0 Å². The zero-order valence-corrected chi connectivity index (χ0v) is 14.5. The van der Waals surface area contributed by atoms with E-state index < -0.39 is 0 Å². The summed E-state index contributed by atoms with van der Waals surface area (Å²) >= 11 is 0. The quantitative estimate of drug-likeness (QED) is 0.691. The van der Waals surface area contributed by atoms with Gasteiger partial charge < -0.3 is 10.1 Å². The molecule has 0 bridgehead atoms. The fraction of sp³-hybridized carbons (Fsp3) is 1.00. The predicted molar refractivity (Wildman–Crippen MR) is 90.7 cm³/mol. The van der Waals surface area contributed by atoms with Crippen molar-refractivity contribution in [3.63, 3.8) is 0 Å². The monoisotopic (exact) mass is 295 g/mol. The molecule has 124 valence electrons. The van der Waals surface area contributed by atoms with Gasteiger partial charge in [0.15, 0.2) is 0 Å². The molecular formula is C19H37NO. The lowest BCUT2D eigenvalue weighted by Crippen LogP contribution is -2.56. The molecule has 2 saturated carbocycles. The van der Waals surface area contributed by atoms with Crippen LogP contribution in [0.5, 0.6) is 0 Å². The van der Waals surface area contributed by atoms with Crippen molar-refractivity contribution < 1.29 is 4.74 Å². The molecule has 0 spiro atoms. The Hall–Kier alpha value is -0.0800. The topological polar surface area (TPSA) is 21.3 Å². The molecule has 0 amide bonds. The fourth-order valence-electron chi connectivity index (χ4n) is 4.81. The molecule has 0 radical (unpaired) electrons. The van der Waals surface area contributed by atoms with Gasteiger partial charge >= 0.3 is 0 Å². The van der Waals surface area contributed by atoms with Gasteiger partial charge in [0, 0.05) is 12.6 Å². The Morgan fingerprint density at radius 3 is 2.00 bits per heavy atom. The zero-order chi connectivity index (χ0) is 15.0. The van der Waals surface area contributed by atoms with Crippen molar-refractivity contribution in [3.05, 3.63) is 0 Å². The van der Waals surface area contributed by atoms with E-state index in [0.717, 1.165) is 19.1 Å². The third-order valence-corrected chi connectivity index (χ3v) is 5.74. The van der Waals surface area contributed by atoms with Crippen molar-refractivity contribution in [1.29, 1.82) is 0 Å². The Labute approximate surface area is 132 Å². The van der Waals surface area contributed by atoms with E-state index in [9.17, 15) is 0 Å². The molecule has 1 N–H and O–H groups in total. The van der Waals surface area contributed by atoms with Gasteiger partial charge in [-0.05, 0) is 45.1 Å². The highest BCUT2D eigenvalue weighted by Crippen LogP contribution is 2.39. The van der Waals surface area contributed by atoms with Gasteiger partial charge in [-0.3, -0.25) is 0 Å². The van der Waals surface area contributed by atoms with E-state index in [1.807, 2.05) is 0 Å². The first-order valence-corrected chi connectivity index (χ1v) is 9.69. The number of nitrogens with one attached hydrogen (secondary N) is 1.